The van der Waals surface area contributed by atoms with E-state index in [1.807, 2.05) is 12.1 Å². The smallest absolute Gasteiger partial charge is 0.345 e. The van der Waals surface area contributed by atoms with Gasteiger partial charge in [-0.2, -0.15) is 5.10 Å². The van der Waals surface area contributed by atoms with Crippen molar-refractivity contribution in [2.45, 2.75) is 32.1 Å². The monoisotopic (exact) mass is 478 g/mol. The maximum Gasteiger partial charge on any atom is 0.345 e. The Kier molecular flexibility index (Phi) is 7.09. The number of hydrogen-bond acceptors (Lipinski definition) is 5. The summed E-state index contributed by atoms with van der Waals surface area (Å²) < 4.78 is 0. The third-order valence-electron chi connectivity index (χ3n) is 6.12. The molecule has 1 heterocycles. The Balaban J connectivity index is 1.67. The summed E-state index contributed by atoms with van der Waals surface area (Å²) in [6, 6.07) is 12.1. The maximum atomic E-state index is 13.4. The first-order valence-electron chi connectivity index (χ1n) is 11.5. The normalized spacial score (nSPS) is 16.2. The summed E-state index contributed by atoms with van der Waals surface area (Å²) in [6.45, 7) is -1.04. The highest BCUT2D eigenvalue weighted by molar-refractivity contribution is 6.13. The third kappa shape index (κ3) is 5.48. The minimum absolute atomic E-state index is 0.00865. The molecule has 0 aromatic heterocycles. The topological polar surface area (TPSA) is 140 Å². The van der Waals surface area contributed by atoms with Crippen molar-refractivity contribution in [1.82, 2.24) is 5.01 Å². The van der Waals surface area contributed by atoms with Crippen molar-refractivity contribution >= 4 is 41.0 Å². The van der Waals surface area contributed by atoms with E-state index in [9.17, 15) is 29.4 Å². The highest BCUT2D eigenvalue weighted by Gasteiger charge is 2.34. The van der Waals surface area contributed by atoms with Gasteiger partial charge < -0.3 is 15.5 Å². The molecule has 1 fully saturated rings. The van der Waals surface area contributed by atoms with Crippen molar-refractivity contribution in [2.75, 3.05) is 23.3 Å². The zero-order valence-corrected chi connectivity index (χ0v) is 19.0. The second-order valence-electron chi connectivity index (χ2n) is 8.59. The summed E-state index contributed by atoms with van der Waals surface area (Å²) in [7, 11) is 0. The van der Waals surface area contributed by atoms with Gasteiger partial charge in [0, 0.05) is 17.2 Å². The minimum atomic E-state index is -1.19. The van der Waals surface area contributed by atoms with Crippen molar-refractivity contribution in [3.05, 3.63) is 59.7 Å². The van der Waals surface area contributed by atoms with Crippen molar-refractivity contribution in [1.29, 1.82) is 0 Å². The van der Waals surface area contributed by atoms with Crippen LogP contribution in [0.4, 0.5) is 16.2 Å². The first-order valence-corrected chi connectivity index (χ1v) is 11.5. The molecule has 2 aromatic carbocycles. The zero-order valence-electron chi connectivity index (χ0n) is 19.0. The molecular weight excluding hydrogens is 452 g/mol. The molecular formula is C25H26N4O6. The number of carboxylic acid groups (broad SMARTS) is 2. The Labute approximate surface area is 201 Å². The van der Waals surface area contributed by atoms with E-state index in [4.69, 9.17) is 0 Å². The largest absolute Gasteiger partial charge is 0.480 e. The molecule has 0 unspecified atom stereocenters. The summed E-state index contributed by atoms with van der Waals surface area (Å²) >= 11 is 0. The zero-order chi connectivity index (χ0) is 24.9. The predicted molar refractivity (Wildman–Crippen MR) is 129 cm³/mol. The van der Waals surface area contributed by atoms with Gasteiger partial charge in [-0.15, -0.1) is 0 Å². The Morgan fingerprint density at radius 2 is 1.71 bits per heavy atom. The van der Waals surface area contributed by atoms with E-state index in [1.165, 1.54) is 24.3 Å². The van der Waals surface area contributed by atoms with Gasteiger partial charge in [-0.05, 0) is 37.1 Å². The van der Waals surface area contributed by atoms with Gasteiger partial charge in [0.05, 0.1) is 17.0 Å². The molecule has 2 aliphatic rings. The summed E-state index contributed by atoms with van der Waals surface area (Å²) in [5.41, 5.74) is 2.07. The summed E-state index contributed by atoms with van der Waals surface area (Å²) in [5.74, 6) is -2.83. The number of carboxylic acids is 2. The number of nitrogens with one attached hydrogen (secondary N) is 1. The third-order valence-corrected chi connectivity index (χ3v) is 6.12. The number of hydrogen-bond donors (Lipinski definition) is 3. The molecule has 3 amide bonds. The Morgan fingerprint density at radius 1 is 0.971 bits per heavy atom. The number of benzene rings is 2. The molecule has 1 saturated carbocycles. The highest BCUT2D eigenvalue weighted by Crippen LogP contribution is 2.34. The van der Waals surface area contributed by atoms with Crippen LogP contribution >= 0.6 is 0 Å². The van der Waals surface area contributed by atoms with Crippen molar-refractivity contribution in [3.8, 4) is 0 Å². The fourth-order valence-electron chi connectivity index (χ4n) is 4.53. The van der Waals surface area contributed by atoms with Crippen LogP contribution in [0.5, 0.6) is 0 Å². The molecule has 4 rings (SSSR count). The Hall–Kier alpha value is -4.21. The first kappa shape index (κ1) is 23.9. The van der Waals surface area contributed by atoms with Crippen LogP contribution in [0.1, 0.15) is 48.0 Å². The molecule has 1 aliphatic carbocycles. The SMILES string of the molecule is O=C(O)CN1C(=O)N(CC(=O)Nc2cccc(C(=O)O)c2)N=C(C2CCCCC2)c2ccccc21. The lowest BCUT2D eigenvalue weighted by Gasteiger charge is -2.24. The lowest BCUT2D eigenvalue weighted by atomic mass is 9.83. The van der Waals surface area contributed by atoms with Crippen LogP contribution in [-0.4, -0.2) is 57.9 Å². The number of rotatable bonds is 7. The van der Waals surface area contributed by atoms with E-state index < -0.39 is 37.0 Å². The van der Waals surface area contributed by atoms with Crippen molar-refractivity contribution in [3.63, 3.8) is 0 Å². The average molecular weight is 479 g/mol. The van der Waals surface area contributed by atoms with E-state index in [-0.39, 0.29) is 17.2 Å². The fourth-order valence-corrected chi connectivity index (χ4v) is 4.53. The lowest BCUT2D eigenvalue weighted by Crippen LogP contribution is -2.45. The predicted octanol–water partition coefficient (Wildman–Crippen LogP) is 3.63. The molecule has 1 aliphatic heterocycles. The van der Waals surface area contributed by atoms with Crippen LogP contribution in [0, 0.1) is 5.92 Å². The second-order valence-corrected chi connectivity index (χ2v) is 8.59. The second kappa shape index (κ2) is 10.4. The van der Waals surface area contributed by atoms with Crippen molar-refractivity contribution in [2.24, 2.45) is 11.0 Å². The molecule has 0 bridgehead atoms. The first-order chi connectivity index (χ1) is 16.8. The van der Waals surface area contributed by atoms with Gasteiger partial charge in [-0.1, -0.05) is 43.5 Å². The molecule has 10 heteroatoms. The number of carbonyl (C=O) groups is 4. The van der Waals surface area contributed by atoms with Crippen LogP contribution in [0.25, 0.3) is 0 Å². The number of urea groups is 1. The molecule has 0 radical (unpaired) electrons. The van der Waals surface area contributed by atoms with Crippen LogP contribution in [0.15, 0.2) is 53.6 Å². The summed E-state index contributed by atoms with van der Waals surface area (Å²) in [6.07, 6.45) is 4.96. The molecule has 10 nitrogen and oxygen atoms in total. The lowest BCUT2D eigenvalue weighted by molar-refractivity contribution is -0.135. The fraction of sp³-hybridized carbons (Fsp3) is 0.320. The van der Waals surface area contributed by atoms with E-state index in [0.29, 0.717) is 17.0 Å². The van der Waals surface area contributed by atoms with Gasteiger partial charge >= 0.3 is 18.0 Å². The number of para-hydroxylation sites is 1. The van der Waals surface area contributed by atoms with Gasteiger partial charge in [0.25, 0.3) is 0 Å². The maximum absolute atomic E-state index is 13.4. The number of aliphatic carboxylic acids is 1. The standard InChI is InChI=1S/C25H26N4O6/c30-21(26-18-10-6-9-17(13-18)24(33)34)14-29-25(35)28(15-22(31)32)20-12-5-4-11-19(20)23(27-29)16-7-2-1-3-8-16/h4-6,9-13,16H,1-3,7-8,14-15H2,(H,26,30)(H,31,32)(H,33,34). The molecule has 182 valence electrons. The van der Waals surface area contributed by atoms with E-state index in [2.05, 4.69) is 10.4 Å². The summed E-state index contributed by atoms with van der Waals surface area (Å²) in [4.78, 5) is 50.2. The van der Waals surface area contributed by atoms with Gasteiger partial charge in [0.2, 0.25) is 5.91 Å². The molecule has 35 heavy (non-hydrogen) atoms. The van der Waals surface area contributed by atoms with Crippen molar-refractivity contribution < 1.29 is 29.4 Å². The van der Waals surface area contributed by atoms with Crippen LogP contribution in [-0.2, 0) is 9.59 Å². The molecule has 0 spiro atoms. The number of carbonyl (C=O) groups excluding carboxylic acids is 2. The van der Waals surface area contributed by atoms with Gasteiger partial charge in [0.15, 0.2) is 0 Å². The number of aromatic carboxylic acids is 1. The molecule has 0 saturated heterocycles. The molecule has 0 atom stereocenters. The Morgan fingerprint density at radius 3 is 2.43 bits per heavy atom. The number of anilines is 2. The van der Waals surface area contributed by atoms with Gasteiger partial charge in [0.1, 0.15) is 13.1 Å². The highest BCUT2D eigenvalue weighted by atomic mass is 16.4. The van der Waals surface area contributed by atoms with Gasteiger partial charge in [-0.25, -0.2) is 14.6 Å². The average Bonchev–Trinajstić information content (AvgIpc) is 2.95. The van der Waals surface area contributed by atoms with Crippen LogP contribution in [0.3, 0.4) is 0 Å². The van der Waals surface area contributed by atoms with Gasteiger partial charge in [-0.3, -0.25) is 14.5 Å². The quantitative estimate of drug-likeness (QED) is 0.555. The number of hydrazone groups is 1. The van der Waals surface area contributed by atoms with Crippen LogP contribution in [0.2, 0.25) is 0 Å². The minimum Gasteiger partial charge on any atom is -0.480 e. The number of nitrogens with zero attached hydrogens (tertiary/aromatic N) is 3. The molecule has 3 N–H and O–H groups in total. The number of fused-ring (bicyclic) bond motifs is 1. The summed E-state index contributed by atoms with van der Waals surface area (Å²) in [5, 5.41) is 26.9. The molecule has 2 aromatic rings. The van der Waals surface area contributed by atoms with E-state index in [1.54, 1.807) is 12.1 Å². The van der Waals surface area contributed by atoms with Crippen LogP contribution < -0.4 is 10.2 Å². The number of amides is 3. The van der Waals surface area contributed by atoms with E-state index in [0.717, 1.165) is 42.0 Å². The Bertz CT molecular complexity index is 1190. The van der Waals surface area contributed by atoms with E-state index >= 15 is 0 Å².